The molecule has 4 aliphatic rings. The number of cyclic esters (lactones) is 1. The van der Waals surface area contributed by atoms with Crippen molar-refractivity contribution in [2.45, 2.75) is 32.5 Å². The average Bonchev–Trinajstić information content (AvgIpc) is 3.10. The van der Waals surface area contributed by atoms with Crippen LogP contribution in [0.2, 0.25) is 0 Å². The SMILES string of the molecule is CC1=C[C@H](O/C=C2/C(=O)OC3=C2CC2=C3CCC=C2)OC1=O. The summed E-state index contributed by atoms with van der Waals surface area (Å²) < 4.78 is 15.8. The van der Waals surface area contributed by atoms with Gasteiger partial charge in [0, 0.05) is 23.6 Å². The lowest BCUT2D eigenvalue weighted by atomic mass is 9.99. The van der Waals surface area contributed by atoms with Gasteiger partial charge in [0.2, 0.25) is 0 Å². The number of hydrogen-bond acceptors (Lipinski definition) is 5. The molecule has 0 radical (unpaired) electrons. The molecule has 0 bridgehead atoms. The predicted molar refractivity (Wildman–Crippen MR) is 75.9 cm³/mol. The summed E-state index contributed by atoms with van der Waals surface area (Å²) in [4.78, 5) is 23.3. The molecule has 2 heterocycles. The number of fused-ring (bicyclic) bond motifs is 1. The third kappa shape index (κ3) is 1.93. The zero-order valence-corrected chi connectivity index (χ0v) is 12.0. The van der Waals surface area contributed by atoms with Crippen LogP contribution in [0.15, 0.2) is 58.1 Å². The molecule has 0 aromatic rings. The van der Waals surface area contributed by atoms with E-state index in [0.717, 1.165) is 24.0 Å². The molecule has 2 aliphatic carbocycles. The third-order valence-electron chi connectivity index (χ3n) is 4.17. The second kappa shape index (κ2) is 4.73. The summed E-state index contributed by atoms with van der Waals surface area (Å²) in [7, 11) is 0. The molecular weight excluding hydrogens is 284 g/mol. The van der Waals surface area contributed by atoms with Crippen LogP contribution >= 0.6 is 0 Å². The Kier molecular flexibility index (Phi) is 2.82. The molecule has 0 aromatic heterocycles. The fourth-order valence-corrected chi connectivity index (χ4v) is 3.03. The van der Waals surface area contributed by atoms with Gasteiger partial charge in [-0.25, -0.2) is 9.59 Å². The van der Waals surface area contributed by atoms with E-state index in [1.165, 1.54) is 11.8 Å². The maximum Gasteiger partial charge on any atom is 0.347 e. The average molecular weight is 298 g/mol. The number of esters is 2. The van der Waals surface area contributed by atoms with Gasteiger partial charge in [0.25, 0.3) is 6.29 Å². The lowest BCUT2D eigenvalue weighted by Gasteiger charge is -2.11. The van der Waals surface area contributed by atoms with E-state index in [0.29, 0.717) is 23.3 Å². The van der Waals surface area contributed by atoms with Crippen molar-refractivity contribution in [2.75, 3.05) is 0 Å². The molecule has 5 nitrogen and oxygen atoms in total. The van der Waals surface area contributed by atoms with Crippen molar-refractivity contribution in [2.24, 2.45) is 0 Å². The van der Waals surface area contributed by atoms with Gasteiger partial charge in [-0.2, -0.15) is 0 Å². The second-order valence-corrected chi connectivity index (χ2v) is 5.61. The zero-order valence-electron chi connectivity index (χ0n) is 12.0. The molecule has 0 N–H and O–H groups in total. The van der Waals surface area contributed by atoms with Crippen LogP contribution in [-0.4, -0.2) is 18.2 Å². The Hall–Kier alpha value is -2.56. The van der Waals surface area contributed by atoms with Crippen molar-refractivity contribution in [3.8, 4) is 0 Å². The van der Waals surface area contributed by atoms with Gasteiger partial charge in [-0.05, 0) is 30.9 Å². The Labute approximate surface area is 127 Å². The third-order valence-corrected chi connectivity index (χ3v) is 4.17. The molecule has 22 heavy (non-hydrogen) atoms. The molecule has 0 spiro atoms. The van der Waals surface area contributed by atoms with Gasteiger partial charge in [0.15, 0.2) is 0 Å². The highest BCUT2D eigenvalue weighted by Gasteiger charge is 2.38. The normalized spacial score (nSPS) is 28.0. The quantitative estimate of drug-likeness (QED) is 0.445. The first-order chi connectivity index (χ1) is 10.6. The van der Waals surface area contributed by atoms with Gasteiger partial charge in [0.05, 0.1) is 0 Å². The van der Waals surface area contributed by atoms with Crippen molar-refractivity contribution in [3.63, 3.8) is 0 Å². The summed E-state index contributed by atoms with van der Waals surface area (Å²) in [6.45, 7) is 1.66. The molecule has 2 aliphatic heterocycles. The topological polar surface area (TPSA) is 61.8 Å². The Balaban J connectivity index is 1.56. The van der Waals surface area contributed by atoms with Crippen LogP contribution in [-0.2, 0) is 23.8 Å². The summed E-state index contributed by atoms with van der Waals surface area (Å²) in [6.07, 6.45) is 8.92. The summed E-state index contributed by atoms with van der Waals surface area (Å²) in [6, 6.07) is 0. The van der Waals surface area contributed by atoms with E-state index in [9.17, 15) is 9.59 Å². The molecule has 112 valence electrons. The fourth-order valence-electron chi connectivity index (χ4n) is 3.03. The molecule has 4 rings (SSSR count). The molecule has 5 heteroatoms. The Bertz CT molecular complexity index is 745. The first-order valence-corrected chi connectivity index (χ1v) is 7.23. The molecule has 0 saturated heterocycles. The molecule has 0 saturated carbocycles. The molecular formula is C17H14O5. The number of carbonyl (C=O) groups is 2. The van der Waals surface area contributed by atoms with Crippen LogP contribution in [0.1, 0.15) is 26.2 Å². The first-order valence-electron chi connectivity index (χ1n) is 7.23. The van der Waals surface area contributed by atoms with Crippen LogP contribution in [0.25, 0.3) is 0 Å². The van der Waals surface area contributed by atoms with E-state index in [2.05, 4.69) is 12.2 Å². The van der Waals surface area contributed by atoms with E-state index in [-0.39, 0.29) is 0 Å². The number of hydrogen-bond donors (Lipinski definition) is 0. The van der Waals surface area contributed by atoms with Crippen molar-refractivity contribution in [1.29, 1.82) is 0 Å². The summed E-state index contributed by atoms with van der Waals surface area (Å²) >= 11 is 0. The summed E-state index contributed by atoms with van der Waals surface area (Å²) in [5.74, 6) is -0.120. The van der Waals surface area contributed by atoms with E-state index >= 15 is 0 Å². The van der Waals surface area contributed by atoms with E-state index in [4.69, 9.17) is 14.2 Å². The van der Waals surface area contributed by atoms with Crippen LogP contribution < -0.4 is 0 Å². The molecule has 0 unspecified atom stereocenters. The number of ether oxygens (including phenoxy) is 3. The van der Waals surface area contributed by atoms with Gasteiger partial charge in [-0.15, -0.1) is 0 Å². The standard InChI is InChI=1S/C17H14O5/c1-9-6-14(21-16(9)18)20-8-13-12-7-10-4-2-3-5-11(10)15(12)22-17(13)19/h2,4,6,8,14H,3,5,7H2,1H3/b13-8+/t14-/m1/s1. The van der Waals surface area contributed by atoms with Gasteiger partial charge < -0.3 is 14.2 Å². The Morgan fingerprint density at radius 2 is 2.14 bits per heavy atom. The molecule has 0 fully saturated rings. The summed E-state index contributed by atoms with van der Waals surface area (Å²) in [5.41, 5.74) is 4.11. The van der Waals surface area contributed by atoms with Crippen molar-refractivity contribution >= 4 is 11.9 Å². The van der Waals surface area contributed by atoms with Crippen molar-refractivity contribution in [1.82, 2.24) is 0 Å². The highest BCUT2D eigenvalue weighted by molar-refractivity contribution is 5.99. The lowest BCUT2D eigenvalue weighted by Crippen LogP contribution is -2.11. The van der Waals surface area contributed by atoms with E-state index in [1.807, 2.05) is 0 Å². The van der Waals surface area contributed by atoms with Crippen molar-refractivity contribution in [3.05, 3.63) is 58.1 Å². The van der Waals surface area contributed by atoms with E-state index < -0.39 is 18.2 Å². The minimum atomic E-state index is -0.777. The molecule has 0 aromatic carbocycles. The molecule has 1 atom stereocenters. The largest absolute Gasteiger partial charge is 0.458 e. The predicted octanol–water partition coefficient (Wildman–Crippen LogP) is 2.58. The monoisotopic (exact) mass is 298 g/mol. The first kappa shape index (κ1) is 13.1. The lowest BCUT2D eigenvalue weighted by molar-refractivity contribution is -0.152. The van der Waals surface area contributed by atoms with Gasteiger partial charge in [-0.1, -0.05) is 12.2 Å². The number of carbonyl (C=O) groups excluding carboxylic acids is 2. The minimum absolute atomic E-state index is 0.402. The van der Waals surface area contributed by atoms with Gasteiger partial charge >= 0.3 is 11.9 Å². The van der Waals surface area contributed by atoms with Gasteiger partial charge in [-0.3, -0.25) is 0 Å². The smallest absolute Gasteiger partial charge is 0.347 e. The number of rotatable bonds is 2. The van der Waals surface area contributed by atoms with Crippen LogP contribution in [0.3, 0.4) is 0 Å². The number of allylic oxidation sites excluding steroid dienone is 4. The maximum absolute atomic E-state index is 12.0. The van der Waals surface area contributed by atoms with Crippen molar-refractivity contribution < 1.29 is 23.8 Å². The maximum atomic E-state index is 12.0. The minimum Gasteiger partial charge on any atom is -0.458 e. The van der Waals surface area contributed by atoms with Crippen LogP contribution in [0.5, 0.6) is 0 Å². The Morgan fingerprint density at radius 3 is 2.91 bits per heavy atom. The highest BCUT2D eigenvalue weighted by atomic mass is 16.7. The molecule has 0 amide bonds. The Morgan fingerprint density at radius 1 is 1.27 bits per heavy atom. The van der Waals surface area contributed by atoms with Crippen LogP contribution in [0, 0.1) is 0 Å². The van der Waals surface area contributed by atoms with E-state index in [1.54, 1.807) is 13.0 Å². The fraction of sp³-hybridized carbons (Fsp3) is 0.294. The second-order valence-electron chi connectivity index (χ2n) is 5.61. The van der Waals surface area contributed by atoms with Gasteiger partial charge in [0.1, 0.15) is 17.6 Å². The highest BCUT2D eigenvalue weighted by Crippen LogP contribution is 2.45. The summed E-state index contributed by atoms with van der Waals surface area (Å²) in [5, 5.41) is 0. The zero-order chi connectivity index (χ0) is 15.3. The van der Waals surface area contributed by atoms with Crippen LogP contribution in [0.4, 0.5) is 0 Å².